The molecule has 0 saturated carbocycles. The number of carbonyl (C=O) groups excluding carboxylic acids is 1. The van der Waals surface area contributed by atoms with E-state index in [1.165, 1.54) is 18.9 Å². The fraction of sp³-hybridized carbons (Fsp3) is 0.267. The van der Waals surface area contributed by atoms with Gasteiger partial charge in [-0.25, -0.2) is 9.97 Å². The number of rotatable bonds is 5. The van der Waals surface area contributed by atoms with Gasteiger partial charge in [0.05, 0.1) is 7.11 Å². The zero-order chi connectivity index (χ0) is 15.2. The van der Waals surface area contributed by atoms with Gasteiger partial charge in [-0.2, -0.15) is 0 Å². The lowest BCUT2D eigenvalue weighted by Crippen LogP contribution is -2.15. The number of aryl methyl sites for hydroxylation is 1. The third kappa shape index (κ3) is 4.46. The van der Waals surface area contributed by atoms with Gasteiger partial charge in [-0.1, -0.05) is 30.0 Å². The maximum atomic E-state index is 11.5. The van der Waals surface area contributed by atoms with Gasteiger partial charge in [0.2, 0.25) is 0 Å². The normalized spacial score (nSPS) is 11.8. The molecule has 1 heterocycles. The molecule has 0 radical (unpaired) electrons. The van der Waals surface area contributed by atoms with Gasteiger partial charge >= 0.3 is 5.97 Å². The number of anilines is 2. The molecule has 1 unspecified atom stereocenters. The molecule has 1 aromatic heterocycles. The minimum absolute atomic E-state index is 0.289. The van der Waals surface area contributed by atoms with Crippen molar-refractivity contribution >= 4 is 29.2 Å². The Kier molecular flexibility index (Phi) is 5.16. The van der Waals surface area contributed by atoms with Crippen LogP contribution in [0.5, 0.6) is 0 Å². The van der Waals surface area contributed by atoms with Gasteiger partial charge in [-0.3, -0.25) is 4.79 Å². The largest absolute Gasteiger partial charge is 0.468 e. The highest BCUT2D eigenvalue weighted by molar-refractivity contribution is 8.00. The lowest BCUT2D eigenvalue weighted by molar-refractivity contribution is -0.139. The summed E-state index contributed by atoms with van der Waals surface area (Å²) in [4.78, 5) is 20.2. The summed E-state index contributed by atoms with van der Waals surface area (Å²) in [7, 11) is 1.37. The Morgan fingerprint density at radius 3 is 2.67 bits per heavy atom. The van der Waals surface area contributed by atoms with E-state index in [1.807, 2.05) is 43.3 Å². The highest BCUT2D eigenvalue weighted by atomic mass is 32.2. The van der Waals surface area contributed by atoms with E-state index in [0.29, 0.717) is 11.0 Å². The number of hydrogen-bond acceptors (Lipinski definition) is 6. The van der Waals surface area contributed by atoms with Gasteiger partial charge in [0.15, 0.2) is 5.16 Å². The number of methoxy groups -OCH3 is 1. The van der Waals surface area contributed by atoms with Crippen LogP contribution in [0.1, 0.15) is 12.6 Å². The van der Waals surface area contributed by atoms with E-state index in [1.54, 1.807) is 6.92 Å². The molecule has 2 rings (SSSR count). The van der Waals surface area contributed by atoms with Gasteiger partial charge < -0.3 is 10.1 Å². The Morgan fingerprint density at radius 2 is 2.00 bits per heavy atom. The lowest BCUT2D eigenvalue weighted by atomic mass is 10.3. The summed E-state index contributed by atoms with van der Waals surface area (Å²) in [5.41, 5.74) is 1.79. The van der Waals surface area contributed by atoms with Crippen molar-refractivity contribution in [2.75, 3.05) is 12.4 Å². The van der Waals surface area contributed by atoms with Crippen LogP contribution in [0.25, 0.3) is 0 Å². The van der Waals surface area contributed by atoms with Crippen molar-refractivity contribution in [3.8, 4) is 0 Å². The first-order valence-electron chi connectivity index (χ1n) is 6.50. The van der Waals surface area contributed by atoms with E-state index in [2.05, 4.69) is 15.3 Å². The van der Waals surface area contributed by atoms with Crippen molar-refractivity contribution in [1.29, 1.82) is 0 Å². The van der Waals surface area contributed by atoms with Gasteiger partial charge in [-0.05, 0) is 26.0 Å². The van der Waals surface area contributed by atoms with Crippen molar-refractivity contribution in [3.05, 3.63) is 42.1 Å². The van der Waals surface area contributed by atoms with E-state index < -0.39 is 0 Å². The van der Waals surface area contributed by atoms with Crippen molar-refractivity contribution in [1.82, 2.24) is 9.97 Å². The number of thioether (sulfide) groups is 1. The number of nitrogens with one attached hydrogen (secondary N) is 1. The molecule has 0 fully saturated rings. The standard InChI is InChI=1S/C15H17N3O2S/c1-10-9-13(17-12-7-5-4-6-8-12)18-15(16-10)21-11(2)14(19)20-3/h4-9,11H,1-3H3,(H,16,17,18). The Morgan fingerprint density at radius 1 is 1.29 bits per heavy atom. The maximum absolute atomic E-state index is 11.5. The number of esters is 1. The Bertz CT molecular complexity index is 620. The molecule has 0 spiro atoms. The second-order valence-corrected chi connectivity index (χ2v) is 5.76. The van der Waals surface area contributed by atoms with Crippen molar-refractivity contribution in [2.24, 2.45) is 0 Å². The topological polar surface area (TPSA) is 64.1 Å². The van der Waals surface area contributed by atoms with Crippen LogP contribution in [0.3, 0.4) is 0 Å². The predicted molar refractivity (Wildman–Crippen MR) is 83.8 cm³/mol. The zero-order valence-corrected chi connectivity index (χ0v) is 13.0. The second-order valence-electron chi connectivity index (χ2n) is 4.45. The van der Waals surface area contributed by atoms with E-state index in [-0.39, 0.29) is 11.2 Å². The van der Waals surface area contributed by atoms with Gasteiger partial charge in [0.1, 0.15) is 11.1 Å². The molecule has 5 nitrogen and oxygen atoms in total. The first-order valence-corrected chi connectivity index (χ1v) is 7.38. The zero-order valence-electron chi connectivity index (χ0n) is 12.2. The smallest absolute Gasteiger partial charge is 0.318 e. The first-order chi connectivity index (χ1) is 10.1. The number of benzene rings is 1. The van der Waals surface area contributed by atoms with Crippen LogP contribution in [0.4, 0.5) is 11.5 Å². The van der Waals surface area contributed by atoms with E-state index >= 15 is 0 Å². The highest BCUT2D eigenvalue weighted by Crippen LogP contribution is 2.23. The fourth-order valence-corrected chi connectivity index (χ4v) is 2.56. The van der Waals surface area contributed by atoms with Crippen LogP contribution in [0.15, 0.2) is 41.6 Å². The van der Waals surface area contributed by atoms with Gasteiger partial charge in [0.25, 0.3) is 0 Å². The SMILES string of the molecule is COC(=O)C(C)Sc1nc(C)cc(Nc2ccccc2)n1. The third-order valence-corrected chi connectivity index (χ3v) is 3.63. The predicted octanol–water partition coefficient (Wildman–Crippen LogP) is 3.18. The minimum atomic E-state index is -0.346. The molecule has 0 saturated heterocycles. The number of ether oxygens (including phenoxy) is 1. The average Bonchev–Trinajstić information content (AvgIpc) is 2.46. The Hall–Kier alpha value is -2.08. The van der Waals surface area contributed by atoms with Crippen LogP contribution in [-0.2, 0) is 9.53 Å². The summed E-state index contributed by atoms with van der Waals surface area (Å²) in [5, 5.41) is 3.42. The number of hydrogen-bond donors (Lipinski definition) is 1. The lowest BCUT2D eigenvalue weighted by Gasteiger charge is -2.10. The molecule has 0 aliphatic heterocycles. The van der Waals surface area contributed by atoms with Crippen molar-refractivity contribution in [2.45, 2.75) is 24.3 Å². The molecule has 0 bridgehead atoms. The number of nitrogens with zero attached hydrogens (tertiary/aromatic N) is 2. The number of aromatic nitrogens is 2. The maximum Gasteiger partial charge on any atom is 0.318 e. The monoisotopic (exact) mass is 303 g/mol. The summed E-state index contributed by atoms with van der Waals surface area (Å²) in [6, 6.07) is 11.6. The molecule has 1 N–H and O–H groups in total. The summed E-state index contributed by atoms with van der Waals surface area (Å²) in [6.45, 7) is 3.66. The fourth-order valence-electron chi connectivity index (χ4n) is 1.70. The van der Waals surface area contributed by atoms with Crippen LogP contribution >= 0.6 is 11.8 Å². The summed E-state index contributed by atoms with van der Waals surface area (Å²) < 4.78 is 4.71. The summed E-state index contributed by atoms with van der Waals surface area (Å²) in [5.74, 6) is 0.413. The molecular weight excluding hydrogens is 286 g/mol. The third-order valence-electron chi connectivity index (χ3n) is 2.70. The molecule has 0 aliphatic carbocycles. The average molecular weight is 303 g/mol. The summed E-state index contributed by atoms with van der Waals surface area (Å²) >= 11 is 1.28. The van der Waals surface area contributed by atoms with Gasteiger partial charge in [-0.15, -0.1) is 0 Å². The molecule has 6 heteroatoms. The van der Waals surface area contributed by atoms with Crippen LogP contribution < -0.4 is 5.32 Å². The Labute approximate surface area is 128 Å². The summed E-state index contributed by atoms with van der Waals surface area (Å²) in [6.07, 6.45) is 0. The van der Waals surface area contributed by atoms with E-state index in [0.717, 1.165) is 11.4 Å². The molecule has 1 atom stereocenters. The van der Waals surface area contributed by atoms with E-state index in [4.69, 9.17) is 4.74 Å². The molecule has 2 aromatic rings. The van der Waals surface area contributed by atoms with Gasteiger partial charge in [0, 0.05) is 17.4 Å². The van der Waals surface area contributed by atoms with Crippen molar-refractivity contribution < 1.29 is 9.53 Å². The van der Waals surface area contributed by atoms with Crippen LogP contribution in [0, 0.1) is 6.92 Å². The molecule has 0 aliphatic rings. The molecule has 21 heavy (non-hydrogen) atoms. The highest BCUT2D eigenvalue weighted by Gasteiger charge is 2.16. The molecule has 0 amide bonds. The Balaban J connectivity index is 2.15. The van der Waals surface area contributed by atoms with Crippen LogP contribution in [0.2, 0.25) is 0 Å². The van der Waals surface area contributed by atoms with Crippen LogP contribution in [-0.4, -0.2) is 28.3 Å². The molecule has 110 valence electrons. The van der Waals surface area contributed by atoms with Crippen molar-refractivity contribution in [3.63, 3.8) is 0 Å². The second kappa shape index (κ2) is 7.08. The van der Waals surface area contributed by atoms with E-state index in [9.17, 15) is 4.79 Å². The molecular formula is C15H17N3O2S. The molecule has 1 aromatic carbocycles. The number of para-hydroxylation sites is 1. The minimum Gasteiger partial charge on any atom is -0.468 e. The number of carbonyl (C=O) groups is 1. The quantitative estimate of drug-likeness (QED) is 0.520. The first kappa shape index (κ1) is 15.3.